The van der Waals surface area contributed by atoms with Crippen LogP contribution in [0.15, 0.2) is 85.1 Å². The molecule has 0 fully saturated rings. The molecule has 5 aromatic rings. The summed E-state index contributed by atoms with van der Waals surface area (Å²) in [6.45, 7) is 0.821. The first-order chi connectivity index (χ1) is 19.7. The highest BCUT2D eigenvalue weighted by atomic mass is 32.1. The van der Waals surface area contributed by atoms with Crippen LogP contribution in [0.4, 0.5) is 20.2 Å². The van der Waals surface area contributed by atoms with Gasteiger partial charge in [0.1, 0.15) is 18.0 Å². The van der Waals surface area contributed by atoms with Gasteiger partial charge in [0, 0.05) is 35.4 Å². The monoisotopic (exact) mass is 572 g/mol. The Balaban J connectivity index is 1.27. The first kappa shape index (κ1) is 27.9. The number of benzene rings is 3. The van der Waals surface area contributed by atoms with Gasteiger partial charge in [0.25, 0.3) is 0 Å². The standard InChI is InChI=1S/C31H26F2N4O3S/c1-37(2)18-19-6-5-7-20(14-19)28-16-25-31(41-28)27(12-13-34-25)40-26-11-10-21(15-23(26)33)35-29(38)17-30(39)36-24-9-4-3-8-22(24)32/h3-16H,17-18H2,1-2H3,(H,35,38)(H,36,39). The lowest BCUT2D eigenvalue weighted by molar-refractivity contribution is -0.123. The van der Waals surface area contributed by atoms with E-state index < -0.39 is 29.9 Å². The van der Waals surface area contributed by atoms with Gasteiger partial charge in [-0.25, -0.2) is 8.78 Å². The summed E-state index contributed by atoms with van der Waals surface area (Å²) in [6, 6.07) is 21.6. The van der Waals surface area contributed by atoms with Gasteiger partial charge < -0.3 is 20.3 Å². The second-order valence-electron chi connectivity index (χ2n) is 9.57. The minimum Gasteiger partial charge on any atom is -0.453 e. The van der Waals surface area contributed by atoms with Crippen LogP contribution in [0, 0.1) is 11.6 Å². The van der Waals surface area contributed by atoms with E-state index >= 15 is 0 Å². The maximum Gasteiger partial charge on any atom is 0.233 e. The number of amides is 2. The highest BCUT2D eigenvalue weighted by molar-refractivity contribution is 7.22. The number of carbonyl (C=O) groups is 2. The van der Waals surface area contributed by atoms with E-state index in [1.807, 2.05) is 32.3 Å². The molecule has 0 spiro atoms. The maximum atomic E-state index is 15.0. The summed E-state index contributed by atoms with van der Waals surface area (Å²) in [7, 11) is 4.04. The molecule has 0 saturated carbocycles. The number of thiophene rings is 1. The number of hydrogen-bond donors (Lipinski definition) is 2. The Kier molecular flexibility index (Phi) is 8.32. The third-order valence-electron chi connectivity index (χ3n) is 5.99. The van der Waals surface area contributed by atoms with E-state index in [9.17, 15) is 18.4 Å². The number of ether oxygens (including phenoxy) is 1. The van der Waals surface area contributed by atoms with Gasteiger partial charge >= 0.3 is 0 Å². The van der Waals surface area contributed by atoms with Crippen molar-refractivity contribution in [2.75, 3.05) is 24.7 Å². The molecule has 0 aliphatic rings. The molecular formula is C31H26F2N4O3S. The summed E-state index contributed by atoms with van der Waals surface area (Å²) in [5.74, 6) is -2.26. The van der Waals surface area contributed by atoms with Crippen molar-refractivity contribution in [2.24, 2.45) is 0 Å². The van der Waals surface area contributed by atoms with Crippen LogP contribution in [0.5, 0.6) is 11.5 Å². The first-order valence-electron chi connectivity index (χ1n) is 12.7. The Bertz CT molecular complexity index is 1740. The largest absolute Gasteiger partial charge is 0.453 e. The summed E-state index contributed by atoms with van der Waals surface area (Å²) >= 11 is 1.51. The number of rotatable bonds is 9. The second kappa shape index (κ2) is 12.2. The molecule has 0 atom stereocenters. The molecule has 0 aliphatic heterocycles. The molecular weight excluding hydrogens is 546 g/mol. The molecule has 208 valence electrons. The molecule has 2 heterocycles. The van der Waals surface area contributed by atoms with Gasteiger partial charge in [-0.2, -0.15) is 0 Å². The van der Waals surface area contributed by atoms with E-state index in [1.54, 1.807) is 18.3 Å². The van der Waals surface area contributed by atoms with Crippen molar-refractivity contribution in [1.29, 1.82) is 0 Å². The topological polar surface area (TPSA) is 83.6 Å². The number of nitrogens with one attached hydrogen (secondary N) is 2. The predicted octanol–water partition coefficient (Wildman–Crippen LogP) is 7.06. The van der Waals surface area contributed by atoms with Crippen molar-refractivity contribution in [3.63, 3.8) is 0 Å². The Morgan fingerprint density at radius 3 is 2.46 bits per heavy atom. The van der Waals surface area contributed by atoms with Gasteiger partial charge in [-0.05, 0) is 61.6 Å². The quantitative estimate of drug-likeness (QED) is 0.185. The van der Waals surface area contributed by atoms with Crippen LogP contribution >= 0.6 is 11.3 Å². The number of hydrogen-bond acceptors (Lipinski definition) is 6. The number of pyridine rings is 1. The van der Waals surface area contributed by atoms with Crippen LogP contribution in [-0.2, 0) is 16.1 Å². The molecule has 5 rings (SSSR count). The fourth-order valence-corrected chi connectivity index (χ4v) is 5.28. The van der Waals surface area contributed by atoms with Crippen LogP contribution in [0.3, 0.4) is 0 Å². The third-order valence-corrected chi connectivity index (χ3v) is 7.18. The van der Waals surface area contributed by atoms with E-state index in [0.29, 0.717) is 5.75 Å². The van der Waals surface area contributed by atoms with Gasteiger partial charge in [-0.15, -0.1) is 11.3 Å². The number of aromatic nitrogens is 1. The Morgan fingerprint density at radius 1 is 0.878 bits per heavy atom. The molecule has 0 saturated heterocycles. The highest BCUT2D eigenvalue weighted by Crippen LogP contribution is 2.40. The normalized spacial score (nSPS) is 11.0. The molecule has 0 unspecified atom stereocenters. The Hall–Kier alpha value is -4.67. The van der Waals surface area contributed by atoms with Crippen LogP contribution < -0.4 is 15.4 Å². The summed E-state index contributed by atoms with van der Waals surface area (Å²) in [5, 5.41) is 4.81. The first-order valence-corrected chi connectivity index (χ1v) is 13.5. The zero-order valence-electron chi connectivity index (χ0n) is 22.3. The summed E-state index contributed by atoms with van der Waals surface area (Å²) in [6.07, 6.45) is 1.04. The molecule has 0 radical (unpaired) electrons. The van der Waals surface area contributed by atoms with E-state index in [0.717, 1.165) is 33.3 Å². The number of nitrogens with zero attached hydrogens (tertiary/aromatic N) is 2. The Morgan fingerprint density at radius 2 is 1.68 bits per heavy atom. The average molecular weight is 573 g/mol. The number of anilines is 2. The molecule has 0 bridgehead atoms. The van der Waals surface area contributed by atoms with Gasteiger partial charge in [-0.3, -0.25) is 14.6 Å². The summed E-state index contributed by atoms with van der Waals surface area (Å²) in [5.41, 5.74) is 3.10. The molecule has 2 N–H and O–H groups in total. The van der Waals surface area contributed by atoms with E-state index in [4.69, 9.17) is 4.74 Å². The average Bonchev–Trinajstić information content (AvgIpc) is 3.37. The fraction of sp³-hybridized carbons (Fsp3) is 0.129. The Labute approximate surface area is 239 Å². The molecule has 0 aliphatic carbocycles. The van der Waals surface area contributed by atoms with Crippen molar-refractivity contribution >= 4 is 44.7 Å². The lowest BCUT2D eigenvalue weighted by Crippen LogP contribution is -2.21. The van der Waals surface area contributed by atoms with Gasteiger partial charge in [0.15, 0.2) is 11.6 Å². The molecule has 41 heavy (non-hydrogen) atoms. The zero-order chi connectivity index (χ0) is 28.9. The SMILES string of the molecule is CN(C)Cc1cccc(-c2cc3nccc(Oc4ccc(NC(=O)CC(=O)Nc5ccccc5F)cc4F)c3s2)c1. The van der Waals surface area contributed by atoms with E-state index in [2.05, 4.69) is 32.7 Å². The van der Waals surface area contributed by atoms with Gasteiger partial charge in [0.2, 0.25) is 11.8 Å². The lowest BCUT2D eigenvalue weighted by atomic mass is 10.1. The molecule has 2 aromatic heterocycles. The smallest absolute Gasteiger partial charge is 0.233 e. The molecule has 2 amide bonds. The van der Waals surface area contributed by atoms with Gasteiger partial charge in [-0.1, -0.05) is 30.3 Å². The van der Waals surface area contributed by atoms with E-state index in [-0.39, 0.29) is 17.1 Å². The summed E-state index contributed by atoms with van der Waals surface area (Å²) < 4.78 is 35.4. The lowest BCUT2D eigenvalue weighted by Gasteiger charge is -2.10. The predicted molar refractivity (Wildman–Crippen MR) is 157 cm³/mol. The number of carbonyl (C=O) groups excluding carboxylic acids is 2. The minimum absolute atomic E-state index is 0.0289. The van der Waals surface area contributed by atoms with Crippen molar-refractivity contribution in [2.45, 2.75) is 13.0 Å². The van der Waals surface area contributed by atoms with Crippen molar-refractivity contribution in [3.05, 3.63) is 102 Å². The van der Waals surface area contributed by atoms with E-state index in [1.165, 1.54) is 47.2 Å². The second-order valence-corrected chi connectivity index (χ2v) is 10.6. The maximum absolute atomic E-state index is 15.0. The summed E-state index contributed by atoms with van der Waals surface area (Å²) in [4.78, 5) is 32.0. The zero-order valence-corrected chi connectivity index (χ0v) is 23.1. The van der Waals surface area contributed by atoms with Crippen LogP contribution in [0.2, 0.25) is 0 Å². The minimum atomic E-state index is -0.700. The highest BCUT2D eigenvalue weighted by Gasteiger charge is 2.16. The van der Waals surface area contributed by atoms with Crippen molar-refractivity contribution < 1.29 is 23.1 Å². The van der Waals surface area contributed by atoms with Gasteiger partial charge in [0.05, 0.1) is 15.9 Å². The number of halogens is 2. The van der Waals surface area contributed by atoms with Crippen LogP contribution in [0.1, 0.15) is 12.0 Å². The third kappa shape index (κ3) is 6.92. The van der Waals surface area contributed by atoms with Crippen LogP contribution in [-0.4, -0.2) is 35.8 Å². The molecule has 7 nitrogen and oxygen atoms in total. The van der Waals surface area contributed by atoms with Crippen molar-refractivity contribution in [3.8, 4) is 21.9 Å². The molecule has 3 aromatic carbocycles. The molecule has 10 heteroatoms. The number of fused-ring (bicyclic) bond motifs is 1. The number of para-hydroxylation sites is 1. The van der Waals surface area contributed by atoms with Crippen molar-refractivity contribution in [1.82, 2.24) is 9.88 Å². The van der Waals surface area contributed by atoms with Crippen LogP contribution in [0.25, 0.3) is 20.7 Å². The fourth-order valence-electron chi connectivity index (χ4n) is 4.21.